The minimum atomic E-state index is -4.43. The molecule has 0 atom stereocenters. The third kappa shape index (κ3) is 2.90. The summed E-state index contributed by atoms with van der Waals surface area (Å²) in [4.78, 5) is -0.303. The Kier molecular flexibility index (Phi) is 2.26. The Bertz CT molecular complexity index is 336. The number of rotatable bonds is 1. The first-order valence-electron chi connectivity index (χ1n) is 2.69. The normalized spacial score (nSPS) is 21.1. The summed E-state index contributed by atoms with van der Waals surface area (Å²) < 4.78 is 56.1. The zero-order chi connectivity index (χ0) is 9.41. The molecule has 1 aliphatic rings. The van der Waals surface area contributed by atoms with E-state index in [4.69, 9.17) is 0 Å². The minimum Gasteiger partial charge on any atom is -0.220 e. The Morgan fingerprint density at radius 1 is 1.33 bits per heavy atom. The van der Waals surface area contributed by atoms with E-state index >= 15 is 0 Å². The highest BCUT2D eigenvalue weighted by molar-refractivity contribution is 8.06. The van der Waals surface area contributed by atoms with E-state index in [1.807, 2.05) is 0 Å². The summed E-state index contributed by atoms with van der Waals surface area (Å²) in [5, 5.41) is 1.33. The van der Waals surface area contributed by atoms with E-state index in [-0.39, 0.29) is 4.91 Å². The van der Waals surface area contributed by atoms with Gasteiger partial charge in [0.1, 0.15) is 0 Å². The molecule has 0 aromatic rings. The molecule has 0 saturated heterocycles. The molecule has 0 aliphatic carbocycles. The second kappa shape index (κ2) is 2.81. The molecule has 1 aliphatic heterocycles. The van der Waals surface area contributed by atoms with Crippen molar-refractivity contribution < 1.29 is 21.6 Å². The number of thioether (sulfide) groups is 1. The van der Waals surface area contributed by atoms with Crippen LogP contribution in [-0.2, 0) is 9.84 Å². The van der Waals surface area contributed by atoms with Gasteiger partial charge in [-0.3, -0.25) is 0 Å². The SMILES string of the molecule is O=S1(=O)C=CC(SC(F)(F)F)=C1. The van der Waals surface area contributed by atoms with Crippen LogP contribution in [0.1, 0.15) is 0 Å². The van der Waals surface area contributed by atoms with Crippen molar-refractivity contribution in [3.8, 4) is 0 Å². The van der Waals surface area contributed by atoms with Crippen molar-refractivity contribution in [2.24, 2.45) is 0 Å². The van der Waals surface area contributed by atoms with Crippen molar-refractivity contribution in [1.29, 1.82) is 0 Å². The molecule has 0 amide bonds. The number of allylic oxidation sites excluding steroid dienone is 1. The summed E-state index contributed by atoms with van der Waals surface area (Å²) >= 11 is -0.438. The monoisotopic (exact) mass is 216 g/mol. The molecule has 0 aromatic heterocycles. The summed E-state index contributed by atoms with van der Waals surface area (Å²) in [5.74, 6) is 0. The summed E-state index contributed by atoms with van der Waals surface area (Å²) in [6.45, 7) is 0. The van der Waals surface area contributed by atoms with E-state index in [9.17, 15) is 21.6 Å². The fourth-order valence-corrected chi connectivity index (χ4v) is 2.50. The fourth-order valence-electron chi connectivity index (χ4n) is 0.594. The molecule has 1 rings (SSSR count). The van der Waals surface area contributed by atoms with Gasteiger partial charge < -0.3 is 0 Å². The lowest BCUT2D eigenvalue weighted by molar-refractivity contribution is -0.0321. The summed E-state index contributed by atoms with van der Waals surface area (Å²) in [6.07, 6.45) is 0.924. The van der Waals surface area contributed by atoms with Crippen LogP contribution in [0.5, 0.6) is 0 Å². The number of halogens is 3. The van der Waals surface area contributed by atoms with Crippen LogP contribution in [0.15, 0.2) is 21.8 Å². The third-order valence-electron chi connectivity index (χ3n) is 0.936. The van der Waals surface area contributed by atoms with E-state index < -0.39 is 27.1 Å². The molecule has 2 nitrogen and oxygen atoms in total. The zero-order valence-corrected chi connectivity index (χ0v) is 7.13. The van der Waals surface area contributed by atoms with Crippen LogP contribution in [0.2, 0.25) is 0 Å². The van der Waals surface area contributed by atoms with Gasteiger partial charge in [-0.05, 0) is 17.8 Å². The summed E-state index contributed by atoms with van der Waals surface area (Å²) in [6, 6.07) is 0. The van der Waals surface area contributed by atoms with Crippen LogP contribution >= 0.6 is 11.8 Å². The van der Waals surface area contributed by atoms with Crippen LogP contribution in [0.3, 0.4) is 0 Å². The van der Waals surface area contributed by atoms with Gasteiger partial charge in [0, 0.05) is 15.7 Å². The van der Waals surface area contributed by atoms with Crippen molar-refractivity contribution in [3.05, 3.63) is 21.8 Å². The Morgan fingerprint density at radius 3 is 2.25 bits per heavy atom. The van der Waals surface area contributed by atoms with E-state index in [0.29, 0.717) is 5.41 Å². The van der Waals surface area contributed by atoms with Crippen molar-refractivity contribution in [3.63, 3.8) is 0 Å². The number of hydrogen-bond donors (Lipinski definition) is 0. The average Bonchev–Trinajstić information content (AvgIpc) is 2.05. The summed E-state index contributed by atoms with van der Waals surface area (Å²) in [7, 11) is -3.53. The molecule has 68 valence electrons. The minimum absolute atomic E-state index is 0.303. The lowest BCUT2D eigenvalue weighted by Crippen LogP contribution is -1.98. The molecule has 0 saturated carbocycles. The molecule has 0 aromatic carbocycles. The Morgan fingerprint density at radius 2 is 1.92 bits per heavy atom. The van der Waals surface area contributed by atoms with Gasteiger partial charge in [0.2, 0.25) is 0 Å². The molecular formula is C5H3F3O2S2. The Balaban J connectivity index is 2.78. The quantitative estimate of drug-likeness (QED) is 0.672. The van der Waals surface area contributed by atoms with E-state index in [0.717, 1.165) is 11.5 Å². The van der Waals surface area contributed by atoms with Gasteiger partial charge in [-0.15, -0.1) is 0 Å². The predicted octanol–water partition coefficient (Wildman–Crippen LogP) is 2.02. The van der Waals surface area contributed by atoms with E-state index in [2.05, 4.69) is 0 Å². The second-order valence-electron chi connectivity index (χ2n) is 1.96. The van der Waals surface area contributed by atoms with Gasteiger partial charge in [-0.1, -0.05) is 0 Å². The fraction of sp³-hybridized carbons (Fsp3) is 0.200. The van der Waals surface area contributed by atoms with Gasteiger partial charge in [-0.25, -0.2) is 8.42 Å². The Hall–Kier alpha value is -0.430. The standard InChI is InChI=1S/C5H3F3O2S2/c6-5(7,8)11-4-1-2-12(9,10)3-4/h1-3H. The average molecular weight is 216 g/mol. The summed E-state index contributed by atoms with van der Waals surface area (Å²) in [5.41, 5.74) is -4.43. The van der Waals surface area contributed by atoms with Gasteiger partial charge >= 0.3 is 5.51 Å². The lowest BCUT2D eigenvalue weighted by Gasteiger charge is -2.02. The van der Waals surface area contributed by atoms with Gasteiger partial charge in [-0.2, -0.15) is 13.2 Å². The van der Waals surface area contributed by atoms with Crippen LogP contribution in [0.4, 0.5) is 13.2 Å². The van der Waals surface area contributed by atoms with E-state index in [1.165, 1.54) is 0 Å². The smallest absolute Gasteiger partial charge is 0.220 e. The first kappa shape index (κ1) is 9.66. The third-order valence-corrected chi connectivity index (χ3v) is 2.90. The van der Waals surface area contributed by atoms with Crippen LogP contribution in [-0.4, -0.2) is 13.9 Å². The first-order chi connectivity index (χ1) is 5.29. The molecule has 0 N–H and O–H groups in total. The van der Waals surface area contributed by atoms with Gasteiger partial charge in [0.05, 0.1) is 0 Å². The van der Waals surface area contributed by atoms with Crippen molar-refractivity contribution in [2.45, 2.75) is 5.51 Å². The highest BCUT2D eigenvalue weighted by atomic mass is 32.2. The molecule has 7 heteroatoms. The molecule has 0 fully saturated rings. The van der Waals surface area contributed by atoms with Crippen LogP contribution < -0.4 is 0 Å². The van der Waals surface area contributed by atoms with Crippen LogP contribution in [0, 0.1) is 0 Å². The molecule has 0 spiro atoms. The molecular weight excluding hydrogens is 213 g/mol. The van der Waals surface area contributed by atoms with Crippen molar-refractivity contribution in [1.82, 2.24) is 0 Å². The lowest BCUT2D eigenvalue weighted by atomic mass is 10.6. The number of sulfone groups is 1. The Labute approximate surface area is 71.1 Å². The predicted molar refractivity (Wildman–Crippen MR) is 39.8 cm³/mol. The highest BCUT2D eigenvalue weighted by Gasteiger charge is 2.31. The number of hydrogen-bond acceptors (Lipinski definition) is 3. The topological polar surface area (TPSA) is 34.1 Å². The number of alkyl halides is 3. The maximum Gasteiger partial charge on any atom is 0.446 e. The van der Waals surface area contributed by atoms with Crippen LogP contribution in [0.25, 0.3) is 0 Å². The van der Waals surface area contributed by atoms with E-state index in [1.54, 1.807) is 0 Å². The first-order valence-corrected chi connectivity index (χ1v) is 5.12. The van der Waals surface area contributed by atoms with Gasteiger partial charge in [0.15, 0.2) is 9.84 Å². The second-order valence-corrected chi connectivity index (χ2v) is 4.78. The molecule has 0 radical (unpaired) electrons. The highest BCUT2D eigenvalue weighted by Crippen LogP contribution is 2.38. The van der Waals surface area contributed by atoms with Crippen molar-refractivity contribution >= 4 is 21.6 Å². The zero-order valence-electron chi connectivity index (χ0n) is 5.50. The maximum absolute atomic E-state index is 11.7. The largest absolute Gasteiger partial charge is 0.446 e. The molecule has 0 bridgehead atoms. The maximum atomic E-state index is 11.7. The molecule has 1 heterocycles. The van der Waals surface area contributed by atoms with Gasteiger partial charge in [0.25, 0.3) is 0 Å². The molecule has 12 heavy (non-hydrogen) atoms. The van der Waals surface area contributed by atoms with Crippen molar-refractivity contribution in [2.75, 3.05) is 0 Å². The molecule has 0 unspecified atom stereocenters.